The Kier molecular flexibility index (Phi) is 13.6. The highest BCUT2D eigenvalue weighted by atomic mass is 31.2. The SMILES string of the molecule is CCCC[P+](CCCC)(CCCC)C(CP(c1ccccc1)c1ccccc1)P(c1ccccc1)c1ccccc1. The standard InChI is InChI=1S/C38H50P3/c1-4-7-30-41(31-8-5-2,32-9-6-3)38(40(36-26-18-12-19-27-36)37-28-20-13-21-29-37)33-39(34-22-14-10-15-23-34)35-24-16-11-17-25-35/h10-29,38H,4-9,30-33H2,1-3H3/q+1. The molecule has 4 aromatic rings. The van der Waals surface area contributed by atoms with Gasteiger partial charge in [-0.25, -0.2) is 0 Å². The Morgan fingerprint density at radius 2 is 0.780 bits per heavy atom. The molecule has 216 valence electrons. The predicted molar refractivity (Wildman–Crippen MR) is 193 cm³/mol. The highest BCUT2D eigenvalue weighted by Crippen LogP contribution is 2.74. The zero-order chi connectivity index (χ0) is 28.8. The average Bonchev–Trinajstić information content (AvgIpc) is 3.04. The molecule has 0 saturated heterocycles. The largest absolute Gasteiger partial charge is 0.100 e. The Morgan fingerprint density at radius 3 is 1.10 bits per heavy atom. The van der Waals surface area contributed by atoms with Gasteiger partial charge in [0.2, 0.25) is 0 Å². The number of unbranched alkanes of at least 4 members (excludes halogenated alkanes) is 3. The van der Waals surface area contributed by atoms with Gasteiger partial charge < -0.3 is 0 Å². The van der Waals surface area contributed by atoms with Gasteiger partial charge in [-0.1, -0.05) is 161 Å². The molecule has 0 saturated carbocycles. The summed E-state index contributed by atoms with van der Waals surface area (Å²) in [5, 5.41) is 6.94. The van der Waals surface area contributed by atoms with Crippen LogP contribution in [0, 0.1) is 0 Å². The third-order valence-electron chi connectivity index (χ3n) is 8.35. The van der Waals surface area contributed by atoms with E-state index in [-0.39, 0.29) is 0 Å². The van der Waals surface area contributed by atoms with Gasteiger partial charge in [-0.3, -0.25) is 0 Å². The van der Waals surface area contributed by atoms with E-state index in [1.54, 1.807) is 10.6 Å². The van der Waals surface area contributed by atoms with Crippen LogP contribution in [0.15, 0.2) is 121 Å². The molecule has 4 aromatic carbocycles. The van der Waals surface area contributed by atoms with E-state index in [2.05, 4.69) is 142 Å². The molecule has 1 unspecified atom stereocenters. The van der Waals surface area contributed by atoms with Gasteiger partial charge in [0.1, 0.15) is 5.40 Å². The lowest BCUT2D eigenvalue weighted by atomic mass is 10.4. The highest BCUT2D eigenvalue weighted by Gasteiger charge is 2.49. The van der Waals surface area contributed by atoms with Crippen molar-refractivity contribution in [3.63, 3.8) is 0 Å². The third-order valence-corrected chi connectivity index (χ3v) is 21.2. The van der Waals surface area contributed by atoms with Crippen molar-refractivity contribution >= 4 is 44.3 Å². The molecule has 1 atom stereocenters. The molecule has 0 heterocycles. The smallest absolute Gasteiger partial charge is 0.0652 e. The van der Waals surface area contributed by atoms with Crippen LogP contribution in [-0.2, 0) is 0 Å². The molecule has 0 N–H and O–H groups in total. The van der Waals surface area contributed by atoms with E-state index < -0.39 is 23.1 Å². The second kappa shape index (κ2) is 17.3. The van der Waals surface area contributed by atoms with Gasteiger partial charge in [0, 0.05) is 13.4 Å². The van der Waals surface area contributed by atoms with Gasteiger partial charge in [0.15, 0.2) is 0 Å². The summed E-state index contributed by atoms with van der Waals surface area (Å²) in [6, 6.07) is 46.4. The first kappa shape index (κ1) is 32.1. The zero-order valence-corrected chi connectivity index (χ0v) is 28.2. The van der Waals surface area contributed by atoms with E-state index in [9.17, 15) is 0 Å². The lowest BCUT2D eigenvalue weighted by molar-refractivity contribution is 0.831. The predicted octanol–water partition coefficient (Wildman–Crippen LogP) is 10.00. The van der Waals surface area contributed by atoms with E-state index in [0.29, 0.717) is 0 Å². The summed E-state index contributed by atoms with van der Waals surface area (Å²) in [7, 11) is -2.26. The van der Waals surface area contributed by atoms with Gasteiger partial charge in [0.05, 0.1) is 18.5 Å². The van der Waals surface area contributed by atoms with Crippen molar-refractivity contribution in [2.24, 2.45) is 0 Å². The molecule has 0 radical (unpaired) electrons. The van der Waals surface area contributed by atoms with E-state index in [1.807, 2.05) is 0 Å². The lowest BCUT2D eigenvalue weighted by Gasteiger charge is -2.42. The molecule has 0 fully saturated rings. The summed E-state index contributed by atoms with van der Waals surface area (Å²) >= 11 is 0. The molecular formula is C38H50P3+. The van der Waals surface area contributed by atoms with Gasteiger partial charge in [-0.15, -0.1) is 0 Å². The first-order valence-electron chi connectivity index (χ1n) is 15.8. The summed E-state index contributed by atoms with van der Waals surface area (Å²) < 4.78 is 0. The van der Waals surface area contributed by atoms with Crippen molar-refractivity contribution in [3.8, 4) is 0 Å². The van der Waals surface area contributed by atoms with Crippen LogP contribution in [0.3, 0.4) is 0 Å². The fourth-order valence-corrected chi connectivity index (χ4v) is 21.4. The third kappa shape index (κ3) is 8.84. The van der Waals surface area contributed by atoms with Crippen molar-refractivity contribution < 1.29 is 0 Å². The Bertz CT molecular complexity index is 1130. The fourth-order valence-electron chi connectivity index (χ4n) is 6.11. The van der Waals surface area contributed by atoms with Crippen molar-refractivity contribution in [1.82, 2.24) is 0 Å². The van der Waals surface area contributed by atoms with Crippen molar-refractivity contribution in [2.75, 3.05) is 24.6 Å². The number of hydrogen-bond acceptors (Lipinski definition) is 0. The van der Waals surface area contributed by atoms with Crippen LogP contribution in [0.5, 0.6) is 0 Å². The fraction of sp³-hybridized carbons (Fsp3) is 0.368. The van der Waals surface area contributed by atoms with Gasteiger partial charge in [-0.05, 0) is 56.3 Å². The lowest BCUT2D eigenvalue weighted by Crippen LogP contribution is -2.33. The van der Waals surface area contributed by atoms with Crippen molar-refractivity contribution in [1.29, 1.82) is 0 Å². The van der Waals surface area contributed by atoms with Crippen molar-refractivity contribution in [3.05, 3.63) is 121 Å². The maximum atomic E-state index is 2.45. The maximum Gasteiger partial charge on any atom is 0.100 e. The second-order valence-corrected chi connectivity index (χ2v) is 20.7. The van der Waals surface area contributed by atoms with Crippen LogP contribution in [0.25, 0.3) is 0 Å². The van der Waals surface area contributed by atoms with Crippen LogP contribution < -0.4 is 21.2 Å². The molecule has 0 nitrogen and oxygen atoms in total. The van der Waals surface area contributed by atoms with Crippen LogP contribution >= 0.6 is 23.1 Å². The summed E-state index contributed by atoms with van der Waals surface area (Å²) in [6.07, 6.45) is 13.7. The topological polar surface area (TPSA) is 0 Å². The molecule has 0 aliphatic carbocycles. The average molecular weight is 600 g/mol. The van der Waals surface area contributed by atoms with E-state index >= 15 is 0 Å². The minimum absolute atomic E-state index is 0.469. The molecule has 0 spiro atoms. The number of rotatable bonds is 17. The van der Waals surface area contributed by atoms with Crippen LogP contribution in [-0.4, -0.2) is 30.0 Å². The summed E-state index contributed by atoms with van der Waals surface area (Å²) in [6.45, 7) is 7.21. The molecule has 0 aliphatic heterocycles. The molecular weight excluding hydrogens is 549 g/mol. The summed E-state index contributed by atoms with van der Waals surface area (Å²) in [5.74, 6) is 0. The highest BCUT2D eigenvalue weighted by molar-refractivity contribution is 7.92. The van der Waals surface area contributed by atoms with Gasteiger partial charge in [-0.2, -0.15) is 0 Å². The molecule has 0 bridgehead atoms. The maximum absolute atomic E-state index is 2.45. The quantitative estimate of drug-likeness (QED) is 0.106. The minimum Gasteiger partial charge on any atom is -0.0652 e. The second-order valence-electron chi connectivity index (χ2n) is 11.3. The van der Waals surface area contributed by atoms with E-state index in [4.69, 9.17) is 0 Å². The minimum atomic E-state index is -1.29. The van der Waals surface area contributed by atoms with Crippen LogP contribution in [0.2, 0.25) is 0 Å². The molecule has 4 rings (SSSR count). The van der Waals surface area contributed by atoms with E-state index in [1.165, 1.54) is 73.8 Å². The Labute approximate surface area is 254 Å². The summed E-state index contributed by atoms with van der Waals surface area (Å²) in [5.41, 5.74) is 0. The van der Waals surface area contributed by atoms with Gasteiger partial charge >= 0.3 is 0 Å². The Hall–Kier alpha value is -1.83. The van der Waals surface area contributed by atoms with Crippen LogP contribution in [0.1, 0.15) is 59.3 Å². The monoisotopic (exact) mass is 599 g/mol. The van der Waals surface area contributed by atoms with Crippen molar-refractivity contribution in [2.45, 2.75) is 64.7 Å². The molecule has 41 heavy (non-hydrogen) atoms. The normalized spacial score (nSPS) is 12.6. The molecule has 0 amide bonds. The Morgan fingerprint density at radius 1 is 0.463 bits per heavy atom. The number of hydrogen-bond donors (Lipinski definition) is 0. The Balaban J connectivity index is 1.96. The molecule has 0 aromatic heterocycles. The first-order chi connectivity index (χ1) is 20.2. The van der Waals surface area contributed by atoms with Crippen LogP contribution in [0.4, 0.5) is 0 Å². The van der Waals surface area contributed by atoms with E-state index in [0.717, 1.165) is 5.40 Å². The molecule has 3 heteroatoms. The first-order valence-corrected chi connectivity index (χ1v) is 21.2. The van der Waals surface area contributed by atoms with Gasteiger partial charge in [0.25, 0.3) is 0 Å². The molecule has 0 aliphatic rings. The number of benzene rings is 4. The zero-order valence-electron chi connectivity index (χ0n) is 25.5. The summed E-state index contributed by atoms with van der Waals surface area (Å²) in [4.78, 5) is 0.